The molecule has 0 radical (unpaired) electrons. The second-order valence-corrected chi connectivity index (χ2v) is 6.43. The molecule has 1 atom stereocenters. The van der Waals surface area contributed by atoms with Crippen LogP contribution in [0.1, 0.15) is 40.4 Å². The van der Waals surface area contributed by atoms with Crippen molar-refractivity contribution in [1.82, 2.24) is 4.90 Å². The van der Waals surface area contributed by atoms with Crippen LogP contribution >= 0.6 is 0 Å². The van der Waals surface area contributed by atoms with Crippen LogP contribution in [-0.2, 0) is 6.54 Å². The Bertz CT molecular complexity index is 678. The molecule has 1 aliphatic heterocycles. The molecule has 1 aliphatic rings. The number of carbonyl (C=O) groups is 1. The molecule has 0 spiro atoms. The van der Waals surface area contributed by atoms with Gasteiger partial charge in [-0.25, -0.2) is 4.79 Å². The number of carboxylic acids is 1. The van der Waals surface area contributed by atoms with E-state index in [1.807, 2.05) is 42.5 Å². The van der Waals surface area contributed by atoms with Crippen molar-refractivity contribution >= 4 is 5.97 Å². The van der Waals surface area contributed by atoms with E-state index in [2.05, 4.69) is 4.90 Å². The molecule has 3 rings (SSSR count). The molecular formula is C20H23NO3. The summed E-state index contributed by atoms with van der Waals surface area (Å²) in [4.78, 5) is 13.6. The molecule has 4 heteroatoms. The second kappa shape index (κ2) is 7.60. The minimum Gasteiger partial charge on any atom is -0.478 e. The van der Waals surface area contributed by atoms with Gasteiger partial charge in [-0.15, -0.1) is 0 Å². The summed E-state index contributed by atoms with van der Waals surface area (Å²) in [6.07, 6.45) is 1.43. The summed E-state index contributed by atoms with van der Waals surface area (Å²) in [6.45, 7) is 2.40. The van der Waals surface area contributed by atoms with Crippen molar-refractivity contribution in [2.45, 2.75) is 25.5 Å². The van der Waals surface area contributed by atoms with Crippen molar-refractivity contribution in [3.05, 3.63) is 71.3 Å². The van der Waals surface area contributed by atoms with Crippen LogP contribution in [0.5, 0.6) is 0 Å². The summed E-state index contributed by atoms with van der Waals surface area (Å²) in [5.74, 6) is -0.613. The SMILES string of the molecule is O=C(O)c1ccccc1CN1CCC(C(O)c2ccccc2)CC1. The molecule has 126 valence electrons. The Morgan fingerprint density at radius 3 is 2.33 bits per heavy atom. The van der Waals surface area contributed by atoms with Gasteiger partial charge in [-0.05, 0) is 49.0 Å². The third kappa shape index (κ3) is 3.83. The number of hydrogen-bond acceptors (Lipinski definition) is 3. The fraction of sp³-hybridized carbons (Fsp3) is 0.350. The van der Waals surface area contributed by atoms with Gasteiger partial charge in [-0.3, -0.25) is 4.90 Å². The lowest BCUT2D eigenvalue weighted by Gasteiger charge is -2.34. The minimum atomic E-state index is -0.875. The topological polar surface area (TPSA) is 60.8 Å². The number of carboxylic acid groups (broad SMARTS) is 1. The monoisotopic (exact) mass is 325 g/mol. The molecule has 0 saturated carbocycles. The highest BCUT2D eigenvalue weighted by atomic mass is 16.4. The van der Waals surface area contributed by atoms with Gasteiger partial charge >= 0.3 is 5.97 Å². The normalized spacial score (nSPS) is 17.5. The third-order valence-corrected chi connectivity index (χ3v) is 4.86. The number of hydrogen-bond donors (Lipinski definition) is 2. The maximum atomic E-state index is 11.3. The van der Waals surface area contributed by atoms with E-state index in [-0.39, 0.29) is 5.92 Å². The standard InChI is InChI=1S/C20H23NO3/c22-19(15-6-2-1-3-7-15)16-10-12-21(13-11-16)14-17-8-4-5-9-18(17)20(23)24/h1-9,16,19,22H,10-14H2,(H,23,24). The van der Waals surface area contributed by atoms with Crippen LogP contribution in [0.4, 0.5) is 0 Å². The van der Waals surface area contributed by atoms with Gasteiger partial charge in [0, 0.05) is 6.54 Å². The maximum absolute atomic E-state index is 11.3. The average molecular weight is 325 g/mol. The van der Waals surface area contributed by atoms with E-state index in [1.165, 1.54) is 0 Å². The molecule has 1 unspecified atom stereocenters. The quantitative estimate of drug-likeness (QED) is 0.885. The van der Waals surface area contributed by atoms with Crippen molar-refractivity contribution in [1.29, 1.82) is 0 Å². The zero-order chi connectivity index (χ0) is 16.9. The van der Waals surface area contributed by atoms with E-state index in [9.17, 15) is 15.0 Å². The highest BCUT2D eigenvalue weighted by Gasteiger charge is 2.26. The first-order valence-corrected chi connectivity index (χ1v) is 8.41. The van der Waals surface area contributed by atoms with E-state index < -0.39 is 12.1 Å². The number of likely N-dealkylation sites (tertiary alicyclic amines) is 1. The number of rotatable bonds is 5. The molecule has 0 aromatic heterocycles. The first-order valence-electron chi connectivity index (χ1n) is 8.41. The van der Waals surface area contributed by atoms with Crippen molar-refractivity contribution in [3.63, 3.8) is 0 Å². The zero-order valence-corrected chi connectivity index (χ0v) is 13.6. The minimum absolute atomic E-state index is 0.262. The van der Waals surface area contributed by atoms with Crippen LogP contribution in [0.25, 0.3) is 0 Å². The predicted molar refractivity (Wildman–Crippen MR) is 92.8 cm³/mol. The molecule has 2 N–H and O–H groups in total. The van der Waals surface area contributed by atoms with Crippen molar-refractivity contribution in [3.8, 4) is 0 Å². The van der Waals surface area contributed by atoms with Gasteiger partial charge in [0.1, 0.15) is 0 Å². The highest BCUT2D eigenvalue weighted by Crippen LogP contribution is 2.31. The molecule has 24 heavy (non-hydrogen) atoms. The zero-order valence-electron chi connectivity index (χ0n) is 13.6. The van der Waals surface area contributed by atoms with Crippen LogP contribution in [-0.4, -0.2) is 34.2 Å². The van der Waals surface area contributed by atoms with Crippen molar-refractivity contribution in [2.24, 2.45) is 5.92 Å². The molecule has 2 aromatic rings. The average Bonchev–Trinajstić information content (AvgIpc) is 2.63. The molecule has 0 amide bonds. The first kappa shape index (κ1) is 16.7. The fourth-order valence-corrected chi connectivity index (χ4v) is 3.46. The number of nitrogens with zero attached hydrogens (tertiary/aromatic N) is 1. The van der Waals surface area contributed by atoms with E-state index in [1.54, 1.807) is 12.1 Å². The molecule has 0 bridgehead atoms. The first-order chi connectivity index (χ1) is 11.6. The van der Waals surface area contributed by atoms with Gasteiger partial charge in [0.2, 0.25) is 0 Å². The fourth-order valence-electron chi connectivity index (χ4n) is 3.46. The molecule has 0 aliphatic carbocycles. The Labute approximate surface area is 142 Å². The van der Waals surface area contributed by atoms with Gasteiger partial charge in [-0.2, -0.15) is 0 Å². The molecule has 2 aromatic carbocycles. The molecule has 4 nitrogen and oxygen atoms in total. The molecule has 1 fully saturated rings. The summed E-state index contributed by atoms with van der Waals surface area (Å²) in [6, 6.07) is 17.0. The van der Waals surface area contributed by atoms with Gasteiger partial charge in [0.05, 0.1) is 11.7 Å². The third-order valence-electron chi connectivity index (χ3n) is 4.86. The largest absolute Gasteiger partial charge is 0.478 e. The Morgan fingerprint density at radius 2 is 1.67 bits per heavy atom. The van der Waals surface area contributed by atoms with Gasteiger partial charge < -0.3 is 10.2 Å². The van der Waals surface area contributed by atoms with Crippen molar-refractivity contribution < 1.29 is 15.0 Å². The smallest absolute Gasteiger partial charge is 0.336 e. The second-order valence-electron chi connectivity index (χ2n) is 6.43. The Kier molecular flexibility index (Phi) is 5.28. The van der Waals surface area contributed by atoms with E-state index >= 15 is 0 Å². The number of benzene rings is 2. The summed E-state index contributed by atoms with van der Waals surface area (Å²) in [5, 5.41) is 19.8. The number of aliphatic hydroxyl groups is 1. The lowest BCUT2D eigenvalue weighted by molar-refractivity contribution is 0.0564. The summed E-state index contributed by atoms with van der Waals surface area (Å²) in [7, 11) is 0. The Balaban J connectivity index is 1.59. The molecular weight excluding hydrogens is 302 g/mol. The number of aliphatic hydroxyl groups excluding tert-OH is 1. The lowest BCUT2D eigenvalue weighted by Crippen LogP contribution is -2.35. The van der Waals surface area contributed by atoms with E-state index in [0.717, 1.165) is 37.1 Å². The van der Waals surface area contributed by atoms with E-state index in [0.29, 0.717) is 12.1 Å². The Morgan fingerprint density at radius 1 is 1.04 bits per heavy atom. The molecule has 1 heterocycles. The van der Waals surface area contributed by atoms with E-state index in [4.69, 9.17) is 0 Å². The van der Waals surface area contributed by atoms with Crippen LogP contribution in [0.15, 0.2) is 54.6 Å². The number of piperidine rings is 1. The highest BCUT2D eigenvalue weighted by molar-refractivity contribution is 5.89. The van der Waals surface area contributed by atoms with Crippen molar-refractivity contribution in [2.75, 3.05) is 13.1 Å². The maximum Gasteiger partial charge on any atom is 0.336 e. The predicted octanol–water partition coefficient (Wildman–Crippen LogP) is 3.33. The van der Waals surface area contributed by atoms with Crippen LogP contribution in [0.3, 0.4) is 0 Å². The Hall–Kier alpha value is -2.17. The van der Waals surface area contributed by atoms with Crippen LogP contribution < -0.4 is 0 Å². The summed E-state index contributed by atoms with van der Waals surface area (Å²) < 4.78 is 0. The van der Waals surface area contributed by atoms with Gasteiger partial charge in [-0.1, -0.05) is 48.5 Å². The lowest BCUT2D eigenvalue weighted by atomic mass is 9.87. The van der Waals surface area contributed by atoms with Crippen LogP contribution in [0.2, 0.25) is 0 Å². The van der Waals surface area contributed by atoms with Gasteiger partial charge in [0.15, 0.2) is 0 Å². The molecule has 1 saturated heterocycles. The van der Waals surface area contributed by atoms with Crippen LogP contribution in [0, 0.1) is 5.92 Å². The number of aromatic carboxylic acids is 1. The summed E-state index contributed by atoms with van der Waals surface area (Å²) >= 11 is 0. The van der Waals surface area contributed by atoms with Gasteiger partial charge in [0.25, 0.3) is 0 Å². The summed E-state index contributed by atoms with van der Waals surface area (Å²) in [5.41, 5.74) is 2.21.